The number of furan rings is 2. The minimum absolute atomic E-state index is 0. The standard InChI is InChI=1S/C34H29Cl2NO4.C30H21Cl2NO4.C2H6.CH4.FH/c1-34(2,3)41-33(39)29(19-22-9-5-4-6-10-22)37(32(38)27-18-15-25(35)21-28(27)36)26-16-13-23(14-17-26)31-20-24-11-7-8-12-30(24)40-31;31-22-12-15-24(25(32)18-22)29(34)33(26(30(35)36)16-19-6-2-1-3-7-19)23-13-10-20(11-14-23)28-17-21-8-4-5-9-27(21)37-28;1-2;;/h4-18,20-21,29H,19H2,1-3H3;1-15,17-18,26H,16H2,(H,35,36);1-2H3;1H4;1H/t29-;26-;;;/m00.../s1/i;;1D;;/hT. The molecule has 1 N–H and O–H groups in total. The number of fused-ring (bicyclic) bond motifs is 2. The quantitative estimate of drug-likeness (QED) is 0.107. The summed E-state index contributed by atoms with van der Waals surface area (Å²) in [6.45, 7) is 7.69. The van der Waals surface area contributed by atoms with Gasteiger partial charge in [0.1, 0.15) is 40.4 Å². The van der Waals surface area contributed by atoms with Gasteiger partial charge in [0.05, 0.1) is 21.2 Å². The van der Waals surface area contributed by atoms with E-state index in [0.717, 1.165) is 44.2 Å². The Kier molecular flexibility index (Phi) is 20.8. The second kappa shape index (κ2) is 28.5. The lowest BCUT2D eigenvalue weighted by Gasteiger charge is -2.33. The van der Waals surface area contributed by atoms with Gasteiger partial charge in [-0.25, -0.2) is 9.59 Å². The number of carbonyl (C=O) groups excluding carboxylic acids is 3. The van der Waals surface area contributed by atoms with Gasteiger partial charge in [0.15, 0.2) is 0 Å². The molecule has 2 aromatic heterocycles. The van der Waals surface area contributed by atoms with Crippen molar-refractivity contribution in [3.05, 3.63) is 249 Å². The largest absolute Gasteiger partial charge is 0.480 e. The lowest BCUT2D eigenvalue weighted by atomic mass is 10.0. The van der Waals surface area contributed by atoms with Crippen LogP contribution in [0.2, 0.25) is 20.1 Å². The van der Waals surface area contributed by atoms with E-state index in [1.54, 1.807) is 82.3 Å². The third-order valence-corrected chi connectivity index (χ3v) is 13.7. The number of carboxylic acid groups (broad SMARTS) is 1. The molecule has 0 saturated carbocycles. The molecule has 10 aromatic rings. The van der Waals surface area contributed by atoms with E-state index in [-0.39, 0.29) is 41.4 Å². The van der Waals surface area contributed by atoms with Crippen molar-refractivity contribution in [2.45, 2.75) is 72.5 Å². The molecule has 15 heteroatoms. The van der Waals surface area contributed by atoms with Crippen molar-refractivity contribution >= 4 is 103 Å². The summed E-state index contributed by atoms with van der Waals surface area (Å²) in [6.07, 6.45) is 0.344. The summed E-state index contributed by atoms with van der Waals surface area (Å²) in [7, 11) is 0. The van der Waals surface area contributed by atoms with Crippen LogP contribution in [0.5, 0.6) is 0 Å². The van der Waals surface area contributed by atoms with E-state index < -0.39 is 41.4 Å². The number of carboxylic acids is 1. The molecule has 10 rings (SSSR count). The molecule has 422 valence electrons. The van der Waals surface area contributed by atoms with Gasteiger partial charge in [-0.3, -0.25) is 24.1 Å². The SMILES string of the molecule is C.CC(C)(C)OC(=O)[C@H](Cc1ccccc1)N(C(=O)c1ccc(Cl)cc1Cl)c1ccc(-c2cc3ccccc3o2)cc1.O=C(O)[C@H](Cc1ccccc1)N(C(=O)c1ccc(Cl)cc1Cl)c1ccc(-c2cc3ccccc3o2)cc1.[2H]CC.[3H]F. The van der Waals surface area contributed by atoms with E-state index in [0.29, 0.717) is 39.8 Å². The highest BCUT2D eigenvalue weighted by Gasteiger charge is 2.37. The minimum Gasteiger partial charge on any atom is -0.480 e. The Hall–Kier alpha value is -8.19. The first-order valence-corrected chi connectivity index (χ1v) is 27.0. The van der Waals surface area contributed by atoms with Gasteiger partial charge in [-0.1, -0.05) is 165 Å². The number of anilines is 2. The molecule has 8 aromatic carbocycles. The highest BCUT2D eigenvalue weighted by atomic mass is 35.5. The molecule has 2 amide bonds. The average molecular weight is 1190 g/mol. The van der Waals surface area contributed by atoms with Crippen LogP contribution in [-0.2, 0) is 27.2 Å². The van der Waals surface area contributed by atoms with Crippen molar-refractivity contribution in [2.24, 2.45) is 0 Å². The molecule has 0 saturated heterocycles. The molecule has 2 heterocycles. The number of aliphatic carboxylic acids is 1. The third-order valence-electron chi connectivity index (χ3n) is 12.6. The van der Waals surface area contributed by atoms with Crippen LogP contribution in [0.1, 0.15) is 75.2 Å². The van der Waals surface area contributed by atoms with E-state index in [4.69, 9.17) is 66.1 Å². The Bertz CT molecular complexity index is 3740. The summed E-state index contributed by atoms with van der Waals surface area (Å²) in [4.78, 5) is 57.0. The van der Waals surface area contributed by atoms with Gasteiger partial charge in [-0.05, 0) is 141 Å². The van der Waals surface area contributed by atoms with E-state index in [2.05, 4.69) is 1.45 Å². The molecule has 0 radical (unpaired) electrons. The molecule has 0 fully saturated rings. The van der Waals surface area contributed by atoms with E-state index in [9.17, 15) is 24.3 Å². The number of esters is 1. The highest BCUT2D eigenvalue weighted by molar-refractivity contribution is 6.38. The number of ether oxygens (including phenoxy) is 1. The fourth-order valence-electron chi connectivity index (χ4n) is 8.90. The molecule has 2 atom stereocenters. The van der Waals surface area contributed by atoms with E-state index >= 15 is 0 Å². The van der Waals surface area contributed by atoms with Gasteiger partial charge in [0.25, 0.3) is 13.3 Å². The lowest BCUT2D eigenvalue weighted by Crippen LogP contribution is -2.49. The van der Waals surface area contributed by atoms with Crippen LogP contribution < -0.4 is 9.80 Å². The normalized spacial score (nSPS) is 11.8. The number of amides is 2. The maximum Gasteiger partial charge on any atom is 0.330 e. The molecule has 0 aliphatic rings. The van der Waals surface area contributed by atoms with Crippen LogP contribution in [0.25, 0.3) is 44.6 Å². The number of nitrogens with zero attached hydrogens (tertiary/aromatic N) is 2. The molecule has 10 nitrogen and oxygen atoms in total. The van der Waals surface area contributed by atoms with Crippen molar-refractivity contribution < 1.29 is 43.9 Å². The molecular weight excluding hydrogens is 1120 g/mol. The summed E-state index contributed by atoms with van der Waals surface area (Å²) in [5.41, 5.74) is 5.39. The smallest absolute Gasteiger partial charge is 0.330 e. The van der Waals surface area contributed by atoms with Crippen LogP contribution in [0, 0.1) is 0 Å². The van der Waals surface area contributed by atoms with Crippen LogP contribution in [0.15, 0.2) is 215 Å². The van der Waals surface area contributed by atoms with Gasteiger partial charge >= 0.3 is 11.9 Å². The zero-order valence-electron chi connectivity index (χ0n) is 46.5. The highest BCUT2D eigenvalue weighted by Crippen LogP contribution is 2.35. The van der Waals surface area contributed by atoms with Gasteiger partial charge < -0.3 is 18.7 Å². The van der Waals surface area contributed by atoms with Crippen molar-refractivity contribution in [3.8, 4) is 22.6 Å². The monoisotopic (exact) mass is 1180 g/mol. The summed E-state index contributed by atoms with van der Waals surface area (Å²) in [5.74, 6) is -1.28. The lowest BCUT2D eigenvalue weighted by molar-refractivity contribution is -0.156. The Morgan fingerprint density at radius 3 is 1.29 bits per heavy atom. The summed E-state index contributed by atoms with van der Waals surface area (Å²) >= 11 is 25.0. The minimum atomic E-state index is -1.18. The molecule has 82 heavy (non-hydrogen) atoms. The fourth-order valence-corrected chi connectivity index (χ4v) is 9.88. The first-order valence-electron chi connectivity index (χ1n) is 26.6. The van der Waals surface area contributed by atoms with Gasteiger partial charge in [-0.15, -0.1) is 0 Å². The maximum atomic E-state index is 14.2. The van der Waals surface area contributed by atoms with Crippen molar-refractivity contribution in [2.75, 3.05) is 9.80 Å². The second-order valence-corrected chi connectivity index (χ2v) is 21.0. The topological polar surface area (TPSA) is 130 Å². The summed E-state index contributed by atoms with van der Waals surface area (Å²) in [5, 5.41) is 13.3. The molecule has 0 bridgehead atoms. The number of para-hydroxylation sites is 2. The van der Waals surface area contributed by atoms with Crippen LogP contribution >= 0.6 is 46.4 Å². The van der Waals surface area contributed by atoms with Crippen molar-refractivity contribution in [1.82, 2.24) is 0 Å². The van der Waals surface area contributed by atoms with Gasteiger partial charge in [-0.2, -0.15) is 0 Å². The molecule has 0 unspecified atom stereocenters. The Labute approximate surface area is 499 Å². The molecular formula is C67H61Cl4FN2O8. The number of halogens is 5. The first kappa shape index (κ1) is 59.9. The maximum absolute atomic E-state index is 14.2. The third kappa shape index (κ3) is 15.4. The Balaban J connectivity index is 0.000000249. The number of hydrogen-bond acceptors (Lipinski definition) is 7. The van der Waals surface area contributed by atoms with E-state index in [1.807, 2.05) is 133 Å². The van der Waals surface area contributed by atoms with Crippen LogP contribution in [-0.4, -0.2) is 48.0 Å². The van der Waals surface area contributed by atoms with Crippen molar-refractivity contribution in [3.63, 3.8) is 0 Å². The predicted molar refractivity (Wildman–Crippen MR) is 332 cm³/mol. The number of benzene rings is 8. The number of rotatable bonds is 14. The Morgan fingerprint density at radius 1 is 0.561 bits per heavy atom. The fraction of sp³-hybridized carbons (Fsp3) is 0.164. The van der Waals surface area contributed by atoms with Crippen LogP contribution in [0.4, 0.5) is 16.1 Å². The summed E-state index contributed by atoms with van der Waals surface area (Å²) in [6, 6.07) is 59.5. The summed E-state index contributed by atoms with van der Waals surface area (Å²) < 4.78 is 37.0. The number of carbonyl (C=O) groups is 4. The Morgan fingerprint density at radius 2 is 0.927 bits per heavy atom. The van der Waals surface area contributed by atoms with Crippen LogP contribution in [0.3, 0.4) is 0 Å². The van der Waals surface area contributed by atoms with Crippen molar-refractivity contribution in [1.29, 1.82) is 1.45 Å². The zero-order valence-corrected chi connectivity index (χ0v) is 47.5. The predicted octanol–water partition coefficient (Wildman–Crippen LogP) is 18.6. The first-order chi connectivity index (χ1) is 39.9. The molecule has 0 aliphatic heterocycles. The molecule has 0 spiro atoms. The molecule has 0 aliphatic carbocycles. The zero-order chi connectivity index (χ0) is 59.8. The average Bonchev–Trinajstić information content (AvgIpc) is 2.69. The van der Waals surface area contributed by atoms with Gasteiger partial charge in [0, 0.05) is 57.5 Å². The second-order valence-electron chi connectivity index (χ2n) is 19.3. The van der Waals surface area contributed by atoms with Gasteiger partial charge in [0.2, 0.25) is 0 Å². The number of hydrogen-bond donors (Lipinski definition) is 1. The van der Waals surface area contributed by atoms with E-state index in [1.165, 1.54) is 28.0 Å².